The molecule has 0 saturated heterocycles. The molecule has 3 N–H and O–H groups in total. The van der Waals surface area contributed by atoms with E-state index in [1.54, 1.807) is 23.6 Å². The van der Waals surface area contributed by atoms with Gasteiger partial charge in [0.15, 0.2) is 0 Å². The van der Waals surface area contributed by atoms with Gasteiger partial charge in [0.25, 0.3) is 0 Å². The van der Waals surface area contributed by atoms with Gasteiger partial charge in [-0.2, -0.15) is 16.4 Å². The molecule has 1 amide bonds. The fourth-order valence-corrected chi connectivity index (χ4v) is 2.26. The molecule has 2 heterocycles. The highest BCUT2D eigenvalue weighted by Gasteiger charge is 2.10. The number of aromatic nitrogens is 2. The van der Waals surface area contributed by atoms with Gasteiger partial charge in [0.2, 0.25) is 5.91 Å². The first-order valence-electron chi connectivity index (χ1n) is 5.25. The van der Waals surface area contributed by atoms with E-state index in [-0.39, 0.29) is 18.5 Å². The Morgan fingerprint density at radius 2 is 2.47 bits per heavy atom. The molecule has 90 valence electrons. The van der Waals surface area contributed by atoms with E-state index in [0.717, 1.165) is 5.56 Å². The van der Waals surface area contributed by atoms with Gasteiger partial charge in [-0.3, -0.25) is 9.48 Å². The minimum Gasteiger partial charge on any atom is -0.382 e. The maximum atomic E-state index is 11.7. The lowest BCUT2D eigenvalue weighted by atomic mass is 10.2. The third kappa shape index (κ3) is 3.07. The number of amides is 1. The molecule has 17 heavy (non-hydrogen) atoms. The molecule has 0 spiro atoms. The Hall–Kier alpha value is -1.82. The number of carbonyl (C=O) groups is 1. The fraction of sp³-hybridized carbons (Fsp3) is 0.273. The number of nitrogens with one attached hydrogen (secondary N) is 1. The molecule has 6 heteroatoms. The van der Waals surface area contributed by atoms with Crippen molar-refractivity contribution in [2.75, 3.05) is 5.73 Å². The highest BCUT2D eigenvalue weighted by molar-refractivity contribution is 7.07. The monoisotopic (exact) mass is 250 g/mol. The molecule has 0 bridgehead atoms. The summed E-state index contributed by atoms with van der Waals surface area (Å²) in [6.45, 7) is 2.14. The molecule has 0 aromatic carbocycles. The summed E-state index contributed by atoms with van der Waals surface area (Å²) < 4.78 is 1.52. The summed E-state index contributed by atoms with van der Waals surface area (Å²) in [5.74, 6) is 0.343. The number of anilines is 1. The number of rotatable bonds is 4. The molecule has 0 saturated carbocycles. The van der Waals surface area contributed by atoms with Crippen molar-refractivity contribution in [2.45, 2.75) is 19.5 Å². The summed E-state index contributed by atoms with van der Waals surface area (Å²) in [4.78, 5) is 11.7. The van der Waals surface area contributed by atoms with Gasteiger partial charge < -0.3 is 11.1 Å². The SMILES string of the molecule is CC(NC(=O)Cn1ccc(N)n1)c1ccsc1. The van der Waals surface area contributed by atoms with Crippen LogP contribution in [0.1, 0.15) is 18.5 Å². The second-order valence-corrected chi connectivity index (χ2v) is 4.56. The van der Waals surface area contributed by atoms with E-state index in [2.05, 4.69) is 10.4 Å². The molecule has 5 nitrogen and oxygen atoms in total. The van der Waals surface area contributed by atoms with Crippen LogP contribution in [-0.2, 0) is 11.3 Å². The first kappa shape index (κ1) is 11.7. The summed E-state index contributed by atoms with van der Waals surface area (Å²) in [6, 6.07) is 3.68. The molecule has 0 aliphatic carbocycles. The Morgan fingerprint density at radius 1 is 1.65 bits per heavy atom. The Bertz CT molecular complexity index is 491. The van der Waals surface area contributed by atoms with E-state index < -0.39 is 0 Å². The summed E-state index contributed by atoms with van der Waals surface area (Å²) in [5.41, 5.74) is 6.58. The number of hydrogen-bond donors (Lipinski definition) is 2. The van der Waals surface area contributed by atoms with Crippen molar-refractivity contribution >= 4 is 23.1 Å². The highest BCUT2D eigenvalue weighted by atomic mass is 32.1. The van der Waals surface area contributed by atoms with Gasteiger partial charge in [-0.05, 0) is 35.4 Å². The maximum absolute atomic E-state index is 11.7. The predicted octanol–water partition coefficient (Wildman–Crippen LogP) is 1.40. The first-order valence-corrected chi connectivity index (χ1v) is 6.20. The zero-order valence-electron chi connectivity index (χ0n) is 9.46. The van der Waals surface area contributed by atoms with Crippen molar-refractivity contribution in [1.29, 1.82) is 0 Å². The summed E-state index contributed by atoms with van der Waals surface area (Å²) >= 11 is 1.62. The van der Waals surface area contributed by atoms with E-state index in [4.69, 9.17) is 5.73 Å². The van der Waals surface area contributed by atoms with Gasteiger partial charge in [-0.25, -0.2) is 0 Å². The Balaban J connectivity index is 1.89. The van der Waals surface area contributed by atoms with Crippen LogP contribution in [0.2, 0.25) is 0 Å². The molecule has 0 aliphatic heterocycles. The molecule has 2 aromatic rings. The Morgan fingerprint density at radius 3 is 3.06 bits per heavy atom. The lowest BCUT2D eigenvalue weighted by Gasteiger charge is -2.12. The van der Waals surface area contributed by atoms with Crippen LogP contribution in [0.25, 0.3) is 0 Å². The molecule has 2 aromatic heterocycles. The predicted molar refractivity (Wildman–Crippen MR) is 67.5 cm³/mol. The van der Waals surface area contributed by atoms with Crippen LogP contribution in [-0.4, -0.2) is 15.7 Å². The number of nitrogen functional groups attached to an aromatic ring is 1. The molecule has 2 rings (SSSR count). The molecule has 0 fully saturated rings. The number of nitrogens with zero attached hydrogens (tertiary/aromatic N) is 2. The van der Waals surface area contributed by atoms with Crippen LogP contribution in [0.15, 0.2) is 29.1 Å². The van der Waals surface area contributed by atoms with E-state index in [1.807, 2.05) is 23.8 Å². The largest absolute Gasteiger partial charge is 0.382 e. The van der Waals surface area contributed by atoms with Gasteiger partial charge in [0.05, 0.1) is 6.04 Å². The number of hydrogen-bond acceptors (Lipinski definition) is 4. The third-order valence-corrected chi connectivity index (χ3v) is 3.09. The zero-order chi connectivity index (χ0) is 12.3. The lowest BCUT2D eigenvalue weighted by Crippen LogP contribution is -2.30. The van der Waals surface area contributed by atoms with Gasteiger partial charge in [-0.15, -0.1) is 0 Å². The molecular formula is C11H14N4OS. The van der Waals surface area contributed by atoms with Crippen molar-refractivity contribution in [2.24, 2.45) is 0 Å². The van der Waals surface area contributed by atoms with E-state index in [9.17, 15) is 4.79 Å². The molecule has 0 radical (unpaired) electrons. The molecule has 0 aliphatic rings. The van der Waals surface area contributed by atoms with Gasteiger partial charge in [0.1, 0.15) is 12.4 Å². The minimum absolute atomic E-state index is 0.0154. The van der Waals surface area contributed by atoms with Gasteiger partial charge >= 0.3 is 0 Å². The standard InChI is InChI=1S/C11H14N4OS/c1-8(9-3-5-17-7-9)13-11(16)6-15-4-2-10(12)14-15/h2-5,7-8H,6H2,1H3,(H2,12,14)(H,13,16). The highest BCUT2D eigenvalue weighted by Crippen LogP contribution is 2.15. The minimum atomic E-state index is -0.0770. The second-order valence-electron chi connectivity index (χ2n) is 3.78. The van der Waals surface area contributed by atoms with E-state index in [0.29, 0.717) is 5.82 Å². The van der Waals surface area contributed by atoms with Crippen LogP contribution < -0.4 is 11.1 Å². The lowest BCUT2D eigenvalue weighted by molar-refractivity contribution is -0.122. The average Bonchev–Trinajstić information content (AvgIpc) is 2.89. The quantitative estimate of drug-likeness (QED) is 0.861. The van der Waals surface area contributed by atoms with Crippen molar-refractivity contribution in [1.82, 2.24) is 15.1 Å². The van der Waals surface area contributed by atoms with Gasteiger partial charge in [-0.1, -0.05) is 0 Å². The van der Waals surface area contributed by atoms with Crippen LogP contribution in [0.3, 0.4) is 0 Å². The van der Waals surface area contributed by atoms with Crippen LogP contribution >= 0.6 is 11.3 Å². The van der Waals surface area contributed by atoms with Crippen molar-refractivity contribution in [3.05, 3.63) is 34.7 Å². The summed E-state index contributed by atoms with van der Waals surface area (Å²) in [7, 11) is 0. The number of carbonyl (C=O) groups excluding carboxylic acids is 1. The normalized spacial score (nSPS) is 12.3. The number of nitrogens with two attached hydrogens (primary N) is 1. The second kappa shape index (κ2) is 5.01. The van der Waals surface area contributed by atoms with Crippen LogP contribution in [0.5, 0.6) is 0 Å². The molecule has 1 atom stereocenters. The Kier molecular flexibility index (Phi) is 3.43. The zero-order valence-corrected chi connectivity index (χ0v) is 10.3. The van der Waals surface area contributed by atoms with Gasteiger partial charge in [0, 0.05) is 6.20 Å². The summed E-state index contributed by atoms with van der Waals surface area (Å²) in [5, 5.41) is 10.9. The fourth-order valence-electron chi connectivity index (χ4n) is 1.50. The average molecular weight is 250 g/mol. The topological polar surface area (TPSA) is 72.9 Å². The molecule has 1 unspecified atom stereocenters. The van der Waals surface area contributed by atoms with Crippen molar-refractivity contribution in [3.63, 3.8) is 0 Å². The smallest absolute Gasteiger partial charge is 0.242 e. The maximum Gasteiger partial charge on any atom is 0.242 e. The third-order valence-electron chi connectivity index (χ3n) is 2.39. The first-order chi connectivity index (χ1) is 8.15. The van der Waals surface area contributed by atoms with Crippen molar-refractivity contribution < 1.29 is 4.79 Å². The van der Waals surface area contributed by atoms with Crippen LogP contribution in [0, 0.1) is 0 Å². The van der Waals surface area contributed by atoms with Crippen molar-refractivity contribution in [3.8, 4) is 0 Å². The van der Waals surface area contributed by atoms with E-state index >= 15 is 0 Å². The Labute approximate surface area is 103 Å². The van der Waals surface area contributed by atoms with E-state index in [1.165, 1.54) is 4.68 Å². The molecular weight excluding hydrogens is 236 g/mol. The summed E-state index contributed by atoms with van der Waals surface area (Å²) in [6.07, 6.45) is 1.68. The number of thiophene rings is 1. The van der Waals surface area contributed by atoms with Crippen LogP contribution in [0.4, 0.5) is 5.82 Å².